The maximum Gasteiger partial charge on any atom is 0.282 e. The zero-order valence-electron chi connectivity index (χ0n) is 15.9. The number of rotatable bonds is 4. The summed E-state index contributed by atoms with van der Waals surface area (Å²) in [6, 6.07) is 14.9. The second kappa shape index (κ2) is 7.85. The van der Waals surface area contributed by atoms with Gasteiger partial charge >= 0.3 is 0 Å². The van der Waals surface area contributed by atoms with Gasteiger partial charge in [0.05, 0.1) is 0 Å². The molecule has 27 heavy (non-hydrogen) atoms. The second-order valence-electron chi connectivity index (χ2n) is 7.52. The highest BCUT2D eigenvalue weighted by atomic mass is 32.2. The fourth-order valence-corrected chi connectivity index (χ4v) is 5.55. The van der Waals surface area contributed by atoms with Crippen molar-refractivity contribution >= 4 is 21.0 Å². The predicted molar refractivity (Wildman–Crippen MR) is 109 cm³/mol. The van der Waals surface area contributed by atoms with E-state index in [-0.39, 0.29) is 0 Å². The van der Waals surface area contributed by atoms with Crippen LogP contribution in [0.5, 0.6) is 0 Å². The summed E-state index contributed by atoms with van der Waals surface area (Å²) in [4.78, 5) is 4.53. The van der Waals surface area contributed by atoms with Crippen molar-refractivity contribution in [1.29, 1.82) is 0 Å². The van der Waals surface area contributed by atoms with Crippen molar-refractivity contribution in [3.8, 4) is 0 Å². The van der Waals surface area contributed by atoms with Crippen molar-refractivity contribution < 1.29 is 8.42 Å². The van der Waals surface area contributed by atoms with E-state index in [1.165, 1.54) is 16.3 Å². The van der Waals surface area contributed by atoms with E-state index in [0.29, 0.717) is 26.2 Å². The molecule has 2 fully saturated rings. The summed E-state index contributed by atoms with van der Waals surface area (Å²) < 4.78 is 29.1. The molecular formula is C20H28N4O2S. The van der Waals surface area contributed by atoms with Gasteiger partial charge in [0.1, 0.15) is 0 Å². The first-order chi connectivity index (χ1) is 13.0. The Balaban J connectivity index is 1.39. The quantitative estimate of drug-likeness (QED) is 0.795. The summed E-state index contributed by atoms with van der Waals surface area (Å²) >= 11 is 0. The molecule has 0 amide bonds. The summed E-state index contributed by atoms with van der Waals surface area (Å²) in [5.74, 6) is 0. The smallest absolute Gasteiger partial charge is 0.282 e. The molecule has 0 unspecified atom stereocenters. The van der Waals surface area contributed by atoms with Crippen LogP contribution in [0.25, 0.3) is 10.8 Å². The van der Waals surface area contributed by atoms with E-state index < -0.39 is 10.2 Å². The summed E-state index contributed by atoms with van der Waals surface area (Å²) in [6.45, 7) is 6.35. The monoisotopic (exact) mass is 388 g/mol. The molecule has 0 N–H and O–H groups in total. The first-order valence-electron chi connectivity index (χ1n) is 9.67. The van der Waals surface area contributed by atoms with Gasteiger partial charge in [-0.15, -0.1) is 0 Å². The van der Waals surface area contributed by atoms with Gasteiger partial charge in [-0.2, -0.15) is 17.0 Å². The maximum atomic E-state index is 12.9. The summed E-state index contributed by atoms with van der Waals surface area (Å²) in [7, 11) is -1.29. The third-order valence-corrected chi connectivity index (χ3v) is 7.76. The SMILES string of the molecule is CN1CCN(S(=O)(=O)N2CCN(Cc3cccc4ccccc34)CC2)CC1. The highest BCUT2D eigenvalue weighted by molar-refractivity contribution is 7.86. The average Bonchev–Trinajstić information content (AvgIpc) is 2.69. The third kappa shape index (κ3) is 4.02. The van der Waals surface area contributed by atoms with E-state index in [0.717, 1.165) is 32.7 Å². The number of hydrogen-bond acceptors (Lipinski definition) is 4. The Morgan fingerprint density at radius 2 is 1.37 bits per heavy atom. The summed E-state index contributed by atoms with van der Waals surface area (Å²) in [5, 5.41) is 2.54. The molecule has 2 aliphatic rings. The van der Waals surface area contributed by atoms with Crippen molar-refractivity contribution in [2.24, 2.45) is 0 Å². The first kappa shape index (κ1) is 18.8. The zero-order valence-corrected chi connectivity index (χ0v) is 16.7. The van der Waals surface area contributed by atoms with E-state index in [1.54, 1.807) is 8.61 Å². The van der Waals surface area contributed by atoms with Gasteiger partial charge in [-0.05, 0) is 23.4 Å². The molecule has 2 saturated heterocycles. The first-order valence-corrected chi connectivity index (χ1v) is 11.1. The molecule has 0 aromatic heterocycles. The number of likely N-dealkylation sites (N-methyl/N-ethyl adjacent to an activating group) is 1. The third-order valence-electron chi connectivity index (χ3n) is 5.72. The lowest BCUT2D eigenvalue weighted by Gasteiger charge is -2.39. The summed E-state index contributed by atoms with van der Waals surface area (Å²) in [5.41, 5.74) is 1.31. The molecule has 0 atom stereocenters. The fourth-order valence-electron chi connectivity index (χ4n) is 3.97. The Bertz CT molecular complexity index is 880. The molecule has 2 aromatic carbocycles. The molecule has 0 radical (unpaired) electrons. The topological polar surface area (TPSA) is 47.1 Å². The standard InChI is InChI=1S/C20H28N4O2S/c1-21-9-13-23(14-10-21)27(25,26)24-15-11-22(12-16-24)17-19-7-4-6-18-5-2-3-8-20(18)19/h2-8H,9-17H2,1H3. The summed E-state index contributed by atoms with van der Waals surface area (Å²) in [6.07, 6.45) is 0. The average molecular weight is 389 g/mol. The van der Waals surface area contributed by atoms with Gasteiger partial charge in [0.25, 0.3) is 10.2 Å². The highest BCUT2D eigenvalue weighted by Crippen LogP contribution is 2.21. The zero-order chi connectivity index (χ0) is 18.9. The molecule has 2 aromatic rings. The van der Waals surface area contributed by atoms with Gasteiger partial charge in [-0.3, -0.25) is 4.90 Å². The molecule has 0 saturated carbocycles. The number of benzene rings is 2. The van der Waals surface area contributed by atoms with Gasteiger partial charge in [-0.1, -0.05) is 42.5 Å². The molecule has 0 bridgehead atoms. The minimum Gasteiger partial charge on any atom is -0.304 e. The van der Waals surface area contributed by atoms with Crippen LogP contribution in [0.3, 0.4) is 0 Å². The Kier molecular flexibility index (Phi) is 5.48. The molecule has 2 heterocycles. The van der Waals surface area contributed by atoms with Crippen LogP contribution in [0.1, 0.15) is 5.56 Å². The molecule has 146 valence electrons. The van der Waals surface area contributed by atoms with Crippen molar-refractivity contribution in [3.05, 3.63) is 48.0 Å². The molecule has 7 heteroatoms. The lowest BCUT2D eigenvalue weighted by molar-refractivity contribution is 0.165. The molecule has 0 spiro atoms. The van der Waals surface area contributed by atoms with E-state index in [4.69, 9.17) is 0 Å². The lowest BCUT2D eigenvalue weighted by atomic mass is 10.0. The molecule has 0 aliphatic carbocycles. The van der Waals surface area contributed by atoms with Crippen LogP contribution in [0.15, 0.2) is 42.5 Å². The van der Waals surface area contributed by atoms with Crippen LogP contribution in [0.4, 0.5) is 0 Å². The molecule has 4 rings (SSSR count). The maximum absolute atomic E-state index is 12.9. The van der Waals surface area contributed by atoms with Gasteiger partial charge in [0, 0.05) is 58.9 Å². The van der Waals surface area contributed by atoms with Gasteiger partial charge < -0.3 is 4.90 Å². The molecular weight excluding hydrogens is 360 g/mol. The van der Waals surface area contributed by atoms with Crippen LogP contribution in [0.2, 0.25) is 0 Å². The second-order valence-corrected chi connectivity index (χ2v) is 9.45. The minimum absolute atomic E-state index is 0.569. The van der Waals surface area contributed by atoms with Gasteiger partial charge in [-0.25, -0.2) is 0 Å². The van der Waals surface area contributed by atoms with Crippen LogP contribution in [0, 0.1) is 0 Å². The van der Waals surface area contributed by atoms with Crippen LogP contribution < -0.4 is 0 Å². The highest BCUT2D eigenvalue weighted by Gasteiger charge is 2.33. The van der Waals surface area contributed by atoms with Crippen LogP contribution in [-0.2, 0) is 16.8 Å². The van der Waals surface area contributed by atoms with Crippen LogP contribution in [-0.4, -0.2) is 86.2 Å². The van der Waals surface area contributed by atoms with E-state index in [9.17, 15) is 8.42 Å². The normalized spacial score (nSPS) is 21.7. The van der Waals surface area contributed by atoms with Crippen molar-refractivity contribution in [3.63, 3.8) is 0 Å². The molecule has 2 aliphatic heterocycles. The molecule has 6 nitrogen and oxygen atoms in total. The number of hydrogen-bond donors (Lipinski definition) is 0. The minimum atomic E-state index is -3.33. The van der Waals surface area contributed by atoms with E-state index in [1.807, 2.05) is 7.05 Å². The van der Waals surface area contributed by atoms with Crippen molar-refractivity contribution in [2.45, 2.75) is 6.54 Å². The largest absolute Gasteiger partial charge is 0.304 e. The van der Waals surface area contributed by atoms with Crippen LogP contribution >= 0.6 is 0 Å². The van der Waals surface area contributed by atoms with Gasteiger partial charge in [0.2, 0.25) is 0 Å². The predicted octanol–water partition coefficient (Wildman–Crippen LogP) is 1.45. The Morgan fingerprint density at radius 1 is 0.778 bits per heavy atom. The number of piperazine rings is 2. The number of nitrogens with zero attached hydrogens (tertiary/aromatic N) is 4. The van der Waals surface area contributed by atoms with Crippen molar-refractivity contribution in [1.82, 2.24) is 18.4 Å². The van der Waals surface area contributed by atoms with Gasteiger partial charge in [0.15, 0.2) is 0 Å². The number of fused-ring (bicyclic) bond motifs is 1. The lowest BCUT2D eigenvalue weighted by Crippen LogP contribution is -2.56. The van der Waals surface area contributed by atoms with E-state index in [2.05, 4.69) is 52.3 Å². The fraction of sp³-hybridized carbons (Fsp3) is 0.500. The Hall–Kier alpha value is -1.51. The Morgan fingerprint density at radius 3 is 2.07 bits per heavy atom. The van der Waals surface area contributed by atoms with Crippen molar-refractivity contribution in [2.75, 3.05) is 59.4 Å². The van der Waals surface area contributed by atoms with E-state index >= 15 is 0 Å². The Labute approximate surface area is 162 Å².